The van der Waals surface area contributed by atoms with E-state index in [2.05, 4.69) is 24.4 Å². The second-order valence-electron chi connectivity index (χ2n) is 6.36. The first-order valence-corrected chi connectivity index (χ1v) is 8.27. The maximum atomic E-state index is 12.4. The van der Waals surface area contributed by atoms with Gasteiger partial charge in [-0.15, -0.1) is 0 Å². The number of hydrogen-bond donors (Lipinski definition) is 2. The van der Waals surface area contributed by atoms with Crippen LogP contribution in [-0.2, 0) is 10.2 Å². The predicted molar refractivity (Wildman–Crippen MR) is 90.9 cm³/mol. The van der Waals surface area contributed by atoms with E-state index in [9.17, 15) is 9.59 Å². The molecule has 3 rings (SSSR count). The Balaban J connectivity index is 1.78. The Labute approximate surface area is 145 Å². The lowest BCUT2D eigenvalue weighted by atomic mass is 9.72. The average molecular weight is 343 g/mol. The van der Waals surface area contributed by atoms with E-state index in [1.807, 2.05) is 12.1 Å². The van der Waals surface area contributed by atoms with E-state index in [-0.39, 0.29) is 16.9 Å². The Bertz CT molecular complexity index is 774. The number of benzene rings is 1. The van der Waals surface area contributed by atoms with Gasteiger partial charge in [0.25, 0.3) is 5.91 Å². The van der Waals surface area contributed by atoms with Crippen molar-refractivity contribution in [3.8, 4) is 0 Å². The van der Waals surface area contributed by atoms with Gasteiger partial charge in [0.15, 0.2) is 5.76 Å². The molecule has 1 fully saturated rings. The van der Waals surface area contributed by atoms with Crippen LogP contribution in [0.25, 0.3) is 0 Å². The molecule has 1 aliphatic heterocycles. The monoisotopic (exact) mass is 343 g/mol. The summed E-state index contributed by atoms with van der Waals surface area (Å²) in [4.78, 5) is 23.2. The Hall–Kier alpha value is -2.60. The minimum atomic E-state index is -1.19. The molecular weight excluding hydrogens is 322 g/mol. The molecule has 0 radical (unpaired) electrons. The van der Waals surface area contributed by atoms with Gasteiger partial charge in [-0.25, -0.2) is 4.79 Å². The molecule has 2 heterocycles. The highest BCUT2D eigenvalue weighted by molar-refractivity contribution is 5.93. The molecule has 1 saturated heterocycles. The maximum absolute atomic E-state index is 12.4. The normalized spacial score (nSPS) is 16.4. The lowest BCUT2D eigenvalue weighted by Gasteiger charge is -2.38. The molecule has 1 aromatic carbocycles. The van der Waals surface area contributed by atoms with E-state index in [1.54, 1.807) is 0 Å². The number of hydrogen-bond acceptors (Lipinski definition) is 4. The first-order valence-electron chi connectivity index (χ1n) is 8.27. The van der Waals surface area contributed by atoms with E-state index in [4.69, 9.17) is 14.3 Å². The van der Waals surface area contributed by atoms with Crippen molar-refractivity contribution in [1.29, 1.82) is 0 Å². The number of carbonyl (C=O) groups excluding carboxylic acids is 1. The van der Waals surface area contributed by atoms with Crippen LogP contribution < -0.4 is 5.32 Å². The fourth-order valence-corrected chi connectivity index (χ4v) is 3.38. The number of carboxylic acid groups (broad SMARTS) is 1. The van der Waals surface area contributed by atoms with Gasteiger partial charge < -0.3 is 19.6 Å². The minimum absolute atomic E-state index is 0.00407. The summed E-state index contributed by atoms with van der Waals surface area (Å²) in [6.45, 7) is 3.81. The number of nitrogens with one attached hydrogen (secondary N) is 1. The zero-order valence-corrected chi connectivity index (χ0v) is 14.1. The number of carbonyl (C=O) groups is 2. The number of aromatic carboxylic acids is 1. The van der Waals surface area contributed by atoms with Crippen LogP contribution in [0.1, 0.15) is 45.1 Å². The first kappa shape index (κ1) is 17.2. The topological polar surface area (TPSA) is 88.8 Å². The maximum Gasteiger partial charge on any atom is 0.371 e. The molecule has 0 saturated carbocycles. The van der Waals surface area contributed by atoms with Crippen LogP contribution in [0.15, 0.2) is 40.8 Å². The quantitative estimate of drug-likeness (QED) is 0.871. The van der Waals surface area contributed by atoms with Crippen LogP contribution in [0.5, 0.6) is 0 Å². The highest BCUT2D eigenvalue weighted by Gasteiger charge is 2.36. The molecule has 2 aromatic rings. The summed E-state index contributed by atoms with van der Waals surface area (Å²) in [6, 6.07) is 10.8. The lowest BCUT2D eigenvalue weighted by molar-refractivity contribution is 0.0481. The second-order valence-corrected chi connectivity index (χ2v) is 6.36. The lowest BCUT2D eigenvalue weighted by Crippen LogP contribution is -2.45. The van der Waals surface area contributed by atoms with Gasteiger partial charge >= 0.3 is 5.97 Å². The van der Waals surface area contributed by atoms with Crippen molar-refractivity contribution >= 4 is 11.9 Å². The molecule has 0 bridgehead atoms. The minimum Gasteiger partial charge on any atom is -0.475 e. The Morgan fingerprint density at radius 1 is 1.12 bits per heavy atom. The van der Waals surface area contributed by atoms with Crippen LogP contribution in [0.3, 0.4) is 0 Å². The summed E-state index contributed by atoms with van der Waals surface area (Å²) < 4.78 is 10.6. The number of carboxylic acids is 1. The molecule has 1 amide bonds. The third kappa shape index (κ3) is 3.58. The number of aryl methyl sites for hydroxylation is 1. The van der Waals surface area contributed by atoms with Gasteiger partial charge in [-0.1, -0.05) is 24.3 Å². The van der Waals surface area contributed by atoms with Crippen molar-refractivity contribution in [2.75, 3.05) is 19.8 Å². The number of rotatable bonds is 5. The van der Waals surface area contributed by atoms with Crippen molar-refractivity contribution < 1.29 is 23.8 Å². The molecule has 0 spiro atoms. The Kier molecular flexibility index (Phi) is 4.90. The van der Waals surface area contributed by atoms with Gasteiger partial charge in [0, 0.05) is 25.2 Å². The summed E-state index contributed by atoms with van der Waals surface area (Å²) in [6.07, 6.45) is 1.63. The molecule has 1 aromatic heterocycles. The standard InChI is InChI=1S/C19H21NO5/c1-13-4-2-3-5-14(13)19(8-10-24-11-9-19)12-20-17(21)15-6-7-16(25-15)18(22)23/h2-7H,8-12H2,1H3,(H,20,21)(H,22,23). The van der Waals surface area contributed by atoms with Crippen molar-refractivity contribution in [3.05, 3.63) is 59.0 Å². The highest BCUT2D eigenvalue weighted by atomic mass is 16.5. The Morgan fingerprint density at radius 3 is 2.44 bits per heavy atom. The van der Waals surface area contributed by atoms with Gasteiger partial charge in [0.05, 0.1) is 0 Å². The molecule has 1 aliphatic rings. The summed E-state index contributed by atoms with van der Waals surface area (Å²) in [5.41, 5.74) is 2.20. The van der Waals surface area contributed by atoms with Gasteiger partial charge in [0.2, 0.25) is 5.76 Å². The molecular formula is C19H21NO5. The van der Waals surface area contributed by atoms with E-state index >= 15 is 0 Å². The SMILES string of the molecule is Cc1ccccc1C1(CNC(=O)c2ccc(C(=O)O)o2)CCOCC1. The predicted octanol–water partition coefficient (Wildman–Crippen LogP) is 2.76. The number of amides is 1. The third-order valence-corrected chi connectivity index (χ3v) is 4.79. The molecule has 0 aliphatic carbocycles. The van der Waals surface area contributed by atoms with Crippen LogP contribution in [0, 0.1) is 6.92 Å². The molecule has 132 valence electrons. The van der Waals surface area contributed by atoms with Crippen molar-refractivity contribution in [2.24, 2.45) is 0 Å². The first-order chi connectivity index (χ1) is 12.0. The summed E-state index contributed by atoms with van der Waals surface area (Å²) in [7, 11) is 0. The molecule has 6 heteroatoms. The van der Waals surface area contributed by atoms with Gasteiger partial charge in [-0.05, 0) is 43.0 Å². The van der Waals surface area contributed by atoms with Crippen LogP contribution in [0.4, 0.5) is 0 Å². The van der Waals surface area contributed by atoms with E-state index in [1.165, 1.54) is 23.3 Å². The fraction of sp³-hybridized carbons (Fsp3) is 0.368. The fourth-order valence-electron chi connectivity index (χ4n) is 3.38. The van der Waals surface area contributed by atoms with E-state index in [0.717, 1.165) is 12.8 Å². The molecule has 25 heavy (non-hydrogen) atoms. The third-order valence-electron chi connectivity index (χ3n) is 4.79. The molecule has 0 unspecified atom stereocenters. The second kappa shape index (κ2) is 7.11. The average Bonchev–Trinajstić information content (AvgIpc) is 3.11. The van der Waals surface area contributed by atoms with Crippen molar-refractivity contribution in [3.63, 3.8) is 0 Å². The Morgan fingerprint density at radius 2 is 1.80 bits per heavy atom. The summed E-state index contributed by atoms with van der Waals surface area (Å²) in [5, 5.41) is 11.8. The largest absolute Gasteiger partial charge is 0.475 e. The van der Waals surface area contributed by atoms with Crippen LogP contribution >= 0.6 is 0 Å². The number of furan rings is 1. The van der Waals surface area contributed by atoms with E-state index in [0.29, 0.717) is 19.8 Å². The number of ether oxygens (including phenoxy) is 1. The van der Waals surface area contributed by atoms with Gasteiger partial charge in [0.1, 0.15) is 0 Å². The molecule has 2 N–H and O–H groups in total. The summed E-state index contributed by atoms with van der Waals surface area (Å²) >= 11 is 0. The van der Waals surface area contributed by atoms with E-state index < -0.39 is 11.9 Å². The van der Waals surface area contributed by atoms with Crippen molar-refractivity contribution in [2.45, 2.75) is 25.2 Å². The zero-order valence-electron chi connectivity index (χ0n) is 14.1. The van der Waals surface area contributed by atoms with Crippen LogP contribution in [-0.4, -0.2) is 36.7 Å². The van der Waals surface area contributed by atoms with Crippen molar-refractivity contribution in [1.82, 2.24) is 5.32 Å². The van der Waals surface area contributed by atoms with Gasteiger partial charge in [-0.2, -0.15) is 0 Å². The molecule has 6 nitrogen and oxygen atoms in total. The summed E-state index contributed by atoms with van der Waals surface area (Å²) in [5.74, 6) is -1.85. The van der Waals surface area contributed by atoms with Crippen LogP contribution in [0.2, 0.25) is 0 Å². The smallest absolute Gasteiger partial charge is 0.371 e. The zero-order chi connectivity index (χ0) is 17.9. The highest BCUT2D eigenvalue weighted by Crippen LogP contribution is 2.36. The van der Waals surface area contributed by atoms with Gasteiger partial charge in [-0.3, -0.25) is 4.79 Å². The molecule has 0 atom stereocenters.